The minimum Gasteiger partial charge on any atom is -0.467 e. The summed E-state index contributed by atoms with van der Waals surface area (Å²) in [5.41, 5.74) is 1.32. The lowest BCUT2D eigenvalue weighted by Gasteiger charge is -2.39. The molecule has 4 nitrogen and oxygen atoms in total. The Balaban J connectivity index is 1.81. The Bertz CT molecular complexity index is 935. The number of hydrogen-bond donors (Lipinski definition) is 1. The van der Waals surface area contributed by atoms with Gasteiger partial charge >= 0.3 is 5.97 Å². The maximum absolute atomic E-state index is 13.0. The van der Waals surface area contributed by atoms with Crippen LogP contribution >= 0.6 is 23.2 Å². The lowest BCUT2D eigenvalue weighted by Crippen LogP contribution is -2.57. The molecule has 166 valence electrons. The first-order chi connectivity index (χ1) is 14.8. The average molecular weight is 462 g/mol. The van der Waals surface area contributed by atoms with Gasteiger partial charge in [0.25, 0.3) is 0 Å². The van der Waals surface area contributed by atoms with E-state index in [4.69, 9.17) is 27.9 Å². The molecule has 0 spiro atoms. The molecule has 6 heteroatoms. The molecule has 31 heavy (non-hydrogen) atoms. The maximum atomic E-state index is 13.0. The van der Waals surface area contributed by atoms with Gasteiger partial charge < -0.3 is 10.1 Å². The Morgan fingerprint density at radius 3 is 2.32 bits per heavy atom. The Hall–Kier alpha value is -2.04. The molecule has 0 atom stereocenters. The summed E-state index contributed by atoms with van der Waals surface area (Å²) in [6.07, 6.45) is 2.88. The molecule has 0 saturated heterocycles. The molecule has 1 N–H and O–H groups in total. The number of methoxy groups -OCH3 is 1. The fourth-order valence-corrected chi connectivity index (χ4v) is 5.06. The third-order valence-corrected chi connectivity index (χ3v) is 7.18. The topological polar surface area (TPSA) is 55.4 Å². The van der Waals surface area contributed by atoms with E-state index in [-0.39, 0.29) is 12.3 Å². The molecular formula is C25H29Cl2NO3. The average Bonchev–Trinajstić information content (AvgIpc) is 2.77. The zero-order valence-corrected chi connectivity index (χ0v) is 19.7. The predicted molar refractivity (Wildman–Crippen MR) is 125 cm³/mol. The van der Waals surface area contributed by atoms with Crippen molar-refractivity contribution in [2.45, 2.75) is 51.5 Å². The molecule has 3 rings (SSSR count). The molecule has 1 fully saturated rings. The number of ether oxygens (including phenoxy) is 1. The Morgan fingerprint density at radius 1 is 1.10 bits per heavy atom. The molecule has 0 bridgehead atoms. The summed E-state index contributed by atoms with van der Waals surface area (Å²) >= 11 is 13.1. The van der Waals surface area contributed by atoms with Gasteiger partial charge in [0.05, 0.1) is 18.6 Å². The summed E-state index contributed by atoms with van der Waals surface area (Å²) in [6, 6.07) is 13.3. The van der Waals surface area contributed by atoms with Crippen LogP contribution in [0.2, 0.25) is 10.0 Å². The second-order valence-electron chi connectivity index (χ2n) is 8.63. The van der Waals surface area contributed by atoms with Gasteiger partial charge in [-0.1, -0.05) is 73.4 Å². The number of benzene rings is 2. The van der Waals surface area contributed by atoms with Gasteiger partial charge in [0.15, 0.2) is 0 Å². The molecule has 0 radical (unpaired) electrons. The normalized spacial score (nSPS) is 21.0. The molecule has 0 aromatic heterocycles. The van der Waals surface area contributed by atoms with Crippen molar-refractivity contribution < 1.29 is 14.3 Å². The van der Waals surface area contributed by atoms with Gasteiger partial charge in [0, 0.05) is 10.6 Å². The number of carbonyl (C=O) groups excluding carboxylic acids is 2. The lowest BCUT2D eigenvalue weighted by molar-refractivity contribution is -0.153. The monoisotopic (exact) mass is 461 g/mol. The molecule has 1 aliphatic carbocycles. The van der Waals surface area contributed by atoms with Gasteiger partial charge in [-0.2, -0.15) is 0 Å². The van der Waals surface area contributed by atoms with Crippen LogP contribution in [0.5, 0.6) is 0 Å². The zero-order chi connectivity index (χ0) is 22.6. The van der Waals surface area contributed by atoms with Gasteiger partial charge in [-0.3, -0.25) is 4.79 Å². The Morgan fingerprint density at radius 2 is 1.74 bits per heavy atom. The standard InChI is InChI=1S/C25H29Cl2NO3/c1-16(2)17-11-13-25(14-12-17,24(30)31-3)28-22(29)15-20-21(26)10-9-19(23(20)27)18-7-5-4-6-8-18/h4-10,16-17H,11-15H2,1-3H3,(H,28,29). The van der Waals surface area contributed by atoms with Crippen molar-refractivity contribution in [3.63, 3.8) is 0 Å². The van der Waals surface area contributed by atoms with Crippen LogP contribution < -0.4 is 5.32 Å². The van der Waals surface area contributed by atoms with Crippen LogP contribution in [0, 0.1) is 11.8 Å². The molecule has 1 aliphatic rings. The number of rotatable bonds is 6. The van der Waals surface area contributed by atoms with E-state index >= 15 is 0 Å². The van der Waals surface area contributed by atoms with E-state index in [0.717, 1.165) is 24.0 Å². The van der Waals surface area contributed by atoms with Crippen molar-refractivity contribution in [1.29, 1.82) is 0 Å². The molecule has 1 amide bonds. The van der Waals surface area contributed by atoms with Gasteiger partial charge in [-0.25, -0.2) is 4.79 Å². The summed E-state index contributed by atoms with van der Waals surface area (Å²) in [7, 11) is 1.36. The Labute approximate surface area is 194 Å². The van der Waals surface area contributed by atoms with Crippen molar-refractivity contribution in [2.24, 2.45) is 11.8 Å². The third kappa shape index (κ3) is 5.24. The first kappa shape index (κ1) is 23.6. The maximum Gasteiger partial charge on any atom is 0.331 e. The number of amides is 1. The van der Waals surface area contributed by atoms with Gasteiger partial charge in [-0.15, -0.1) is 0 Å². The lowest BCUT2D eigenvalue weighted by atomic mass is 9.72. The third-order valence-electron chi connectivity index (χ3n) is 6.39. The fourth-order valence-electron chi connectivity index (χ4n) is 4.45. The van der Waals surface area contributed by atoms with Crippen LogP contribution in [0.4, 0.5) is 0 Å². The largest absolute Gasteiger partial charge is 0.467 e. The van der Waals surface area contributed by atoms with E-state index in [1.54, 1.807) is 6.07 Å². The fraction of sp³-hybridized carbons (Fsp3) is 0.440. The second-order valence-corrected chi connectivity index (χ2v) is 9.42. The van der Waals surface area contributed by atoms with Gasteiger partial charge in [0.2, 0.25) is 5.91 Å². The first-order valence-corrected chi connectivity index (χ1v) is 11.4. The van der Waals surface area contributed by atoms with Crippen LogP contribution in [-0.4, -0.2) is 24.5 Å². The van der Waals surface area contributed by atoms with Crippen molar-refractivity contribution in [2.75, 3.05) is 7.11 Å². The highest BCUT2D eigenvalue weighted by Gasteiger charge is 2.44. The van der Waals surface area contributed by atoms with E-state index in [9.17, 15) is 9.59 Å². The van der Waals surface area contributed by atoms with Crippen LogP contribution in [0.3, 0.4) is 0 Å². The van der Waals surface area contributed by atoms with E-state index < -0.39 is 11.5 Å². The molecule has 1 saturated carbocycles. The van der Waals surface area contributed by atoms with Gasteiger partial charge in [-0.05, 0) is 54.7 Å². The quantitative estimate of drug-likeness (QED) is 0.530. The van der Waals surface area contributed by atoms with Crippen LogP contribution in [0.15, 0.2) is 42.5 Å². The van der Waals surface area contributed by atoms with Crippen molar-refractivity contribution >= 4 is 35.1 Å². The molecular weight excluding hydrogens is 433 g/mol. The highest BCUT2D eigenvalue weighted by atomic mass is 35.5. The summed E-state index contributed by atoms with van der Waals surface area (Å²) in [6.45, 7) is 4.39. The Kier molecular flexibility index (Phi) is 7.66. The molecule has 0 aliphatic heterocycles. The molecule has 0 unspecified atom stereocenters. The van der Waals surface area contributed by atoms with Crippen molar-refractivity contribution in [3.05, 3.63) is 58.1 Å². The summed E-state index contributed by atoms with van der Waals surface area (Å²) in [5, 5.41) is 3.85. The van der Waals surface area contributed by atoms with Crippen LogP contribution in [0.1, 0.15) is 45.1 Å². The minimum absolute atomic E-state index is 0.00923. The van der Waals surface area contributed by atoms with Crippen molar-refractivity contribution in [3.8, 4) is 11.1 Å². The second kappa shape index (κ2) is 10.1. The summed E-state index contributed by atoms with van der Waals surface area (Å²) < 4.78 is 5.06. The number of esters is 1. The zero-order valence-electron chi connectivity index (χ0n) is 18.2. The summed E-state index contributed by atoms with van der Waals surface area (Å²) in [4.78, 5) is 25.7. The molecule has 2 aromatic rings. The van der Waals surface area contributed by atoms with Crippen LogP contribution in [0.25, 0.3) is 11.1 Å². The van der Waals surface area contributed by atoms with E-state index in [1.165, 1.54) is 7.11 Å². The number of halogens is 2. The first-order valence-electron chi connectivity index (χ1n) is 10.7. The van der Waals surface area contributed by atoms with Crippen LogP contribution in [-0.2, 0) is 20.7 Å². The van der Waals surface area contributed by atoms with E-state index in [1.807, 2.05) is 36.4 Å². The van der Waals surface area contributed by atoms with Gasteiger partial charge in [0.1, 0.15) is 5.54 Å². The summed E-state index contributed by atoms with van der Waals surface area (Å²) in [5.74, 6) is 0.409. The highest BCUT2D eigenvalue weighted by molar-refractivity contribution is 6.38. The van der Waals surface area contributed by atoms with E-state index in [2.05, 4.69) is 19.2 Å². The number of hydrogen-bond acceptors (Lipinski definition) is 3. The SMILES string of the molecule is COC(=O)C1(NC(=O)Cc2c(Cl)ccc(-c3ccccc3)c2Cl)CCC(C(C)C)CC1. The molecule has 0 heterocycles. The number of nitrogens with one attached hydrogen (secondary N) is 1. The smallest absolute Gasteiger partial charge is 0.331 e. The van der Waals surface area contributed by atoms with Crippen molar-refractivity contribution in [1.82, 2.24) is 5.32 Å². The van der Waals surface area contributed by atoms with E-state index in [0.29, 0.717) is 40.3 Å². The molecule has 2 aromatic carbocycles. The highest BCUT2D eigenvalue weighted by Crippen LogP contribution is 2.38. The number of carbonyl (C=O) groups is 2. The predicted octanol–water partition coefficient (Wildman–Crippen LogP) is 6.08. The minimum atomic E-state index is -0.993.